The van der Waals surface area contributed by atoms with Gasteiger partial charge in [0.2, 0.25) is 0 Å². The number of hydrogen-bond acceptors (Lipinski definition) is 5. The Morgan fingerprint density at radius 3 is 3.06 bits per heavy atom. The van der Waals surface area contributed by atoms with Gasteiger partial charge in [0.1, 0.15) is 5.82 Å². The number of aliphatic hydroxyl groups is 1. The molecule has 0 aliphatic rings. The molecule has 17 heavy (non-hydrogen) atoms. The van der Waals surface area contributed by atoms with E-state index in [2.05, 4.69) is 15.4 Å². The molecule has 8 heteroatoms. The molecule has 0 fully saturated rings. The van der Waals surface area contributed by atoms with Crippen LogP contribution < -0.4 is 10.7 Å². The molecule has 6 nitrogen and oxygen atoms in total. The lowest BCUT2D eigenvalue weighted by Gasteiger charge is -2.04. The van der Waals surface area contributed by atoms with Crippen LogP contribution in [0, 0.1) is 0 Å². The normalized spacial score (nSPS) is 10.5. The zero-order chi connectivity index (χ0) is 12.3. The Morgan fingerprint density at radius 2 is 2.41 bits per heavy atom. The number of pyridine rings is 1. The molecule has 0 saturated heterocycles. The first-order valence-corrected chi connectivity index (χ1v) is 5.34. The summed E-state index contributed by atoms with van der Waals surface area (Å²) >= 11 is -0.0354. The smallest absolute Gasteiger partial charge is 0.187 e. The number of aliphatic hydroxyl groups excluding tert-OH is 1. The standard InChI is InChI=1S/C9H9FN4O2S/c10-17-14-2-1-8(13-14)12-9-4-7(16)3-6(5-15)11-9/h1-4,15H,5H2,(H2,11,12,13,16). The summed E-state index contributed by atoms with van der Waals surface area (Å²) in [7, 11) is 0. The summed E-state index contributed by atoms with van der Waals surface area (Å²) in [5, 5.41) is 15.5. The number of rotatable bonds is 4. The lowest BCUT2D eigenvalue weighted by Crippen LogP contribution is -2.06. The number of H-pyrrole nitrogens is 1. The molecule has 0 unspecified atom stereocenters. The van der Waals surface area contributed by atoms with Gasteiger partial charge in [0, 0.05) is 30.1 Å². The van der Waals surface area contributed by atoms with Crippen molar-refractivity contribution in [1.29, 1.82) is 0 Å². The molecule has 0 atom stereocenters. The molecule has 0 bridgehead atoms. The van der Waals surface area contributed by atoms with Gasteiger partial charge in [0.05, 0.1) is 6.61 Å². The summed E-state index contributed by atoms with van der Waals surface area (Å²) in [5.41, 5.74) is 0.147. The fourth-order valence-electron chi connectivity index (χ4n) is 1.30. The monoisotopic (exact) mass is 256 g/mol. The molecule has 2 rings (SSSR count). The van der Waals surface area contributed by atoms with Gasteiger partial charge in [0.25, 0.3) is 0 Å². The van der Waals surface area contributed by atoms with Crippen molar-refractivity contribution in [3.8, 4) is 0 Å². The van der Waals surface area contributed by atoms with E-state index >= 15 is 0 Å². The number of aromatic nitrogens is 3. The molecule has 2 heterocycles. The molecule has 0 radical (unpaired) electrons. The first-order chi connectivity index (χ1) is 8.21. The molecule has 2 aromatic rings. The van der Waals surface area contributed by atoms with E-state index in [9.17, 15) is 8.68 Å². The van der Waals surface area contributed by atoms with Crippen LogP contribution in [0.25, 0.3) is 0 Å². The van der Waals surface area contributed by atoms with Crippen molar-refractivity contribution in [3.63, 3.8) is 0 Å². The van der Waals surface area contributed by atoms with E-state index in [0.29, 0.717) is 17.3 Å². The highest BCUT2D eigenvalue weighted by Gasteiger charge is 2.02. The maximum Gasteiger partial charge on any atom is 0.187 e. The first kappa shape index (κ1) is 11.7. The van der Waals surface area contributed by atoms with Gasteiger partial charge in [-0.2, -0.15) is 4.09 Å². The molecule has 0 aliphatic heterocycles. The highest BCUT2D eigenvalue weighted by atomic mass is 32.2. The lowest BCUT2D eigenvalue weighted by atomic mass is 10.3. The minimum absolute atomic E-state index is 0.0354. The van der Waals surface area contributed by atoms with Crippen LogP contribution in [0.5, 0.6) is 0 Å². The predicted octanol–water partition coefficient (Wildman–Crippen LogP) is 1.19. The maximum absolute atomic E-state index is 12.2. The number of halogens is 1. The SMILES string of the molecule is O=c1cc(CO)[nH]c(Nc2ccn(SF)n2)c1. The van der Waals surface area contributed by atoms with Crippen LogP contribution in [-0.2, 0) is 6.61 Å². The van der Waals surface area contributed by atoms with Gasteiger partial charge in [-0.1, -0.05) is 0 Å². The Balaban J connectivity index is 2.23. The highest BCUT2D eigenvalue weighted by Crippen LogP contribution is 2.14. The van der Waals surface area contributed by atoms with Crippen LogP contribution in [0.1, 0.15) is 5.69 Å². The van der Waals surface area contributed by atoms with Gasteiger partial charge < -0.3 is 15.4 Å². The van der Waals surface area contributed by atoms with Crippen LogP contribution in [-0.4, -0.2) is 19.3 Å². The fraction of sp³-hybridized carbons (Fsp3) is 0.111. The predicted molar refractivity (Wildman–Crippen MR) is 62.6 cm³/mol. The van der Waals surface area contributed by atoms with Gasteiger partial charge in [-0.15, -0.1) is 8.98 Å². The summed E-state index contributed by atoms with van der Waals surface area (Å²) in [6.07, 6.45) is 1.43. The Hall–Kier alpha value is -1.80. The summed E-state index contributed by atoms with van der Waals surface area (Å²) in [6.45, 7) is -0.264. The van der Waals surface area contributed by atoms with Gasteiger partial charge in [-0.25, -0.2) is 0 Å². The van der Waals surface area contributed by atoms with Crippen LogP contribution in [0.2, 0.25) is 0 Å². The Kier molecular flexibility index (Phi) is 3.45. The van der Waals surface area contributed by atoms with Crippen LogP contribution >= 0.6 is 12.3 Å². The molecule has 3 N–H and O–H groups in total. The molecule has 2 aromatic heterocycles. The number of aromatic amines is 1. The number of nitrogens with zero attached hydrogens (tertiary/aromatic N) is 2. The third-order valence-corrected chi connectivity index (χ3v) is 2.31. The Morgan fingerprint density at radius 1 is 1.59 bits per heavy atom. The van der Waals surface area contributed by atoms with E-state index in [-0.39, 0.29) is 24.4 Å². The Labute approximate surface area is 99.9 Å². The Bertz CT molecular complexity index is 568. The number of nitrogens with one attached hydrogen (secondary N) is 2. The molecule has 0 aliphatic carbocycles. The summed E-state index contributed by atoms with van der Waals surface area (Å²) < 4.78 is 13.2. The zero-order valence-corrected chi connectivity index (χ0v) is 9.37. The van der Waals surface area contributed by atoms with E-state index in [1.807, 2.05) is 0 Å². The third-order valence-electron chi connectivity index (χ3n) is 1.97. The van der Waals surface area contributed by atoms with Crippen molar-refractivity contribution in [2.45, 2.75) is 6.61 Å². The minimum Gasteiger partial charge on any atom is -0.390 e. The van der Waals surface area contributed by atoms with Crippen LogP contribution in [0.3, 0.4) is 0 Å². The topological polar surface area (TPSA) is 82.9 Å². The second-order valence-electron chi connectivity index (χ2n) is 3.21. The second kappa shape index (κ2) is 5.02. The van der Waals surface area contributed by atoms with Crippen molar-refractivity contribution in [3.05, 3.63) is 40.3 Å². The summed E-state index contributed by atoms with van der Waals surface area (Å²) in [5.74, 6) is 0.775. The highest BCUT2D eigenvalue weighted by molar-refractivity contribution is 7.92. The van der Waals surface area contributed by atoms with Crippen LogP contribution in [0.4, 0.5) is 15.5 Å². The average Bonchev–Trinajstić information content (AvgIpc) is 2.76. The first-order valence-electron chi connectivity index (χ1n) is 4.67. The lowest BCUT2D eigenvalue weighted by molar-refractivity contribution is 0.277. The van der Waals surface area contributed by atoms with Crippen molar-refractivity contribution in [1.82, 2.24) is 14.2 Å². The quantitative estimate of drug-likeness (QED) is 0.765. The average molecular weight is 256 g/mol. The number of hydrogen-bond donors (Lipinski definition) is 3. The van der Waals surface area contributed by atoms with Crippen molar-refractivity contribution < 1.29 is 8.99 Å². The van der Waals surface area contributed by atoms with Crippen LogP contribution in [0.15, 0.2) is 29.2 Å². The van der Waals surface area contributed by atoms with Crippen molar-refractivity contribution in [2.24, 2.45) is 0 Å². The maximum atomic E-state index is 12.2. The largest absolute Gasteiger partial charge is 0.390 e. The van der Waals surface area contributed by atoms with Gasteiger partial charge >= 0.3 is 0 Å². The van der Waals surface area contributed by atoms with E-state index in [4.69, 9.17) is 5.11 Å². The fourth-order valence-corrected chi connectivity index (χ4v) is 1.53. The molecule has 0 saturated carbocycles. The summed E-state index contributed by atoms with van der Waals surface area (Å²) in [6, 6.07) is 4.17. The minimum atomic E-state index is -0.264. The molecular formula is C9H9FN4O2S. The zero-order valence-electron chi connectivity index (χ0n) is 8.55. The van der Waals surface area contributed by atoms with E-state index < -0.39 is 0 Å². The molecule has 0 amide bonds. The van der Waals surface area contributed by atoms with Crippen molar-refractivity contribution in [2.75, 3.05) is 5.32 Å². The molecule has 0 aromatic carbocycles. The van der Waals surface area contributed by atoms with Gasteiger partial charge in [-0.3, -0.25) is 4.79 Å². The molecule has 0 spiro atoms. The van der Waals surface area contributed by atoms with E-state index in [1.165, 1.54) is 18.3 Å². The van der Waals surface area contributed by atoms with Crippen molar-refractivity contribution >= 4 is 24.0 Å². The number of anilines is 2. The van der Waals surface area contributed by atoms with Gasteiger partial charge in [0.15, 0.2) is 23.6 Å². The molecular weight excluding hydrogens is 247 g/mol. The molecule has 90 valence electrons. The van der Waals surface area contributed by atoms with Gasteiger partial charge in [-0.05, 0) is 0 Å². The van der Waals surface area contributed by atoms with E-state index in [0.717, 1.165) is 4.09 Å². The summed E-state index contributed by atoms with van der Waals surface area (Å²) in [4.78, 5) is 14.1. The van der Waals surface area contributed by atoms with E-state index in [1.54, 1.807) is 6.07 Å². The second-order valence-corrected chi connectivity index (χ2v) is 3.72. The third kappa shape index (κ3) is 2.86.